The average molecular weight is 329 g/mol. The summed E-state index contributed by atoms with van der Waals surface area (Å²) in [6, 6.07) is 14.0. The fourth-order valence-electron chi connectivity index (χ4n) is 2.05. The van der Waals surface area contributed by atoms with Crippen molar-refractivity contribution in [1.82, 2.24) is 5.32 Å². The molecule has 0 radical (unpaired) electrons. The van der Waals surface area contributed by atoms with Crippen molar-refractivity contribution in [2.75, 3.05) is 13.7 Å². The van der Waals surface area contributed by atoms with Crippen molar-refractivity contribution in [3.05, 3.63) is 71.6 Å². The van der Waals surface area contributed by atoms with E-state index in [0.29, 0.717) is 24.3 Å². The first kappa shape index (κ1) is 17.5. The van der Waals surface area contributed by atoms with Gasteiger partial charge in [0.2, 0.25) is 0 Å². The normalized spacial score (nSPS) is 10.6. The largest absolute Gasteiger partial charge is 0.497 e. The Morgan fingerprint density at radius 2 is 2.00 bits per heavy atom. The smallest absolute Gasteiger partial charge is 0.407 e. The summed E-state index contributed by atoms with van der Waals surface area (Å²) in [5.41, 5.74) is 1.64. The first-order valence-corrected chi connectivity index (χ1v) is 7.63. The van der Waals surface area contributed by atoms with Gasteiger partial charge in [0, 0.05) is 12.6 Å². The highest BCUT2D eigenvalue weighted by Gasteiger charge is 2.01. The number of amides is 1. The maximum atomic E-state index is 13.3. The van der Waals surface area contributed by atoms with Crippen molar-refractivity contribution in [2.45, 2.75) is 13.0 Å². The van der Waals surface area contributed by atoms with Crippen molar-refractivity contribution in [2.24, 2.45) is 0 Å². The number of nitrogens with one attached hydrogen (secondary N) is 1. The molecule has 0 aliphatic heterocycles. The van der Waals surface area contributed by atoms with Gasteiger partial charge in [-0.25, -0.2) is 9.18 Å². The number of hydrogen-bond donors (Lipinski definition) is 1. The lowest BCUT2D eigenvalue weighted by molar-refractivity contribution is 0.140. The third kappa shape index (κ3) is 6.12. The Kier molecular flexibility index (Phi) is 6.83. The van der Waals surface area contributed by atoms with Crippen LogP contribution in [0.4, 0.5) is 9.18 Å². The Bertz CT molecular complexity index is 686. The van der Waals surface area contributed by atoms with E-state index in [2.05, 4.69) is 5.32 Å². The molecule has 2 aromatic carbocycles. The quantitative estimate of drug-likeness (QED) is 0.776. The summed E-state index contributed by atoms with van der Waals surface area (Å²) in [6.07, 6.45) is 3.78. The molecule has 0 aromatic heterocycles. The van der Waals surface area contributed by atoms with E-state index in [1.54, 1.807) is 12.1 Å². The van der Waals surface area contributed by atoms with E-state index < -0.39 is 6.09 Å². The second-order valence-electron chi connectivity index (χ2n) is 5.10. The zero-order chi connectivity index (χ0) is 17.2. The van der Waals surface area contributed by atoms with Gasteiger partial charge in [0.15, 0.2) is 0 Å². The second kappa shape index (κ2) is 9.35. The van der Waals surface area contributed by atoms with Crippen LogP contribution in [0.15, 0.2) is 54.6 Å². The van der Waals surface area contributed by atoms with Crippen LogP contribution in [0.3, 0.4) is 0 Å². The minimum atomic E-state index is -0.459. The molecule has 0 spiro atoms. The summed E-state index contributed by atoms with van der Waals surface area (Å²) in [5, 5.41) is 2.66. The molecule has 0 saturated heterocycles. The lowest BCUT2D eigenvalue weighted by Gasteiger charge is -2.06. The summed E-state index contributed by atoms with van der Waals surface area (Å²) in [5.74, 6) is 0.119. The summed E-state index contributed by atoms with van der Waals surface area (Å²) in [7, 11) is 1.49. The summed E-state index contributed by atoms with van der Waals surface area (Å²) in [4.78, 5) is 11.6. The van der Waals surface area contributed by atoms with Crippen LogP contribution < -0.4 is 10.1 Å². The van der Waals surface area contributed by atoms with Crippen molar-refractivity contribution < 1.29 is 18.7 Å². The van der Waals surface area contributed by atoms with Gasteiger partial charge in [0.1, 0.15) is 18.2 Å². The molecule has 0 aliphatic carbocycles. The van der Waals surface area contributed by atoms with Gasteiger partial charge in [-0.05, 0) is 29.7 Å². The number of alkyl carbamates (subject to hydrolysis) is 1. The zero-order valence-corrected chi connectivity index (χ0v) is 13.5. The molecule has 0 aliphatic rings. The molecular formula is C19H20FNO3. The van der Waals surface area contributed by atoms with E-state index >= 15 is 0 Å². The van der Waals surface area contributed by atoms with Crippen LogP contribution in [-0.4, -0.2) is 19.7 Å². The highest BCUT2D eigenvalue weighted by atomic mass is 19.1. The highest BCUT2D eigenvalue weighted by molar-refractivity contribution is 5.67. The van der Waals surface area contributed by atoms with Gasteiger partial charge >= 0.3 is 6.09 Å². The van der Waals surface area contributed by atoms with Crippen molar-refractivity contribution in [1.29, 1.82) is 0 Å². The summed E-state index contributed by atoms with van der Waals surface area (Å²) >= 11 is 0. The topological polar surface area (TPSA) is 47.6 Å². The molecule has 0 bridgehead atoms. The molecule has 0 fully saturated rings. The average Bonchev–Trinajstić information content (AvgIpc) is 2.60. The molecule has 5 heteroatoms. The Morgan fingerprint density at radius 1 is 1.21 bits per heavy atom. The molecule has 0 heterocycles. The van der Waals surface area contributed by atoms with Gasteiger partial charge < -0.3 is 14.8 Å². The van der Waals surface area contributed by atoms with E-state index in [0.717, 1.165) is 5.56 Å². The standard InChI is InChI=1S/C19H20FNO3/c1-23-18-12-16(11-17(20)13-18)9-5-6-10-21-19(22)24-14-15-7-3-2-4-8-15/h2-5,7-9,11-13H,6,10,14H2,1H3,(H,21,22). The maximum absolute atomic E-state index is 13.3. The van der Waals surface area contributed by atoms with Gasteiger partial charge in [0.25, 0.3) is 0 Å². The fraction of sp³-hybridized carbons (Fsp3) is 0.211. The Hall–Kier alpha value is -2.82. The minimum absolute atomic E-state index is 0.242. The molecule has 126 valence electrons. The number of benzene rings is 2. The maximum Gasteiger partial charge on any atom is 0.407 e. The monoisotopic (exact) mass is 329 g/mol. The lowest BCUT2D eigenvalue weighted by atomic mass is 10.2. The van der Waals surface area contributed by atoms with E-state index in [1.165, 1.54) is 19.2 Å². The van der Waals surface area contributed by atoms with Crippen molar-refractivity contribution in [3.63, 3.8) is 0 Å². The van der Waals surface area contributed by atoms with Crippen LogP contribution in [0.5, 0.6) is 5.75 Å². The predicted octanol–water partition coefficient (Wildman–Crippen LogP) is 4.16. The van der Waals surface area contributed by atoms with Gasteiger partial charge in [0.05, 0.1) is 7.11 Å². The van der Waals surface area contributed by atoms with Crippen LogP contribution in [-0.2, 0) is 11.3 Å². The first-order valence-electron chi connectivity index (χ1n) is 7.63. The second-order valence-corrected chi connectivity index (χ2v) is 5.10. The summed E-state index contributed by atoms with van der Waals surface area (Å²) in [6.45, 7) is 0.683. The molecule has 2 aromatic rings. The van der Waals surface area contributed by atoms with Crippen LogP contribution >= 0.6 is 0 Å². The number of ether oxygens (including phenoxy) is 2. The molecule has 0 atom stereocenters. The predicted molar refractivity (Wildman–Crippen MR) is 91.2 cm³/mol. The van der Waals surface area contributed by atoms with Gasteiger partial charge in [-0.2, -0.15) is 0 Å². The molecule has 2 rings (SSSR count). The van der Waals surface area contributed by atoms with Crippen LogP contribution in [0.2, 0.25) is 0 Å². The molecular weight excluding hydrogens is 309 g/mol. The van der Waals surface area contributed by atoms with Crippen molar-refractivity contribution >= 4 is 12.2 Å². The zero-order valence-electron chi connectivity index (χ0n) is 13.5. The summed E-state index contributed by atoms with van der Waals surface area (Å²) < 4.78 is 23.4. The minimum Gasteiger partial charge on any atom is -0.497 e. The number of rotatable bonds is 7. The van der Waals surface area contributed by atoms with E-state index in [4.69, 9.17) is 9.47 Å². The molecule has 0 unspecified atom stereocenters. The Labute approximate surface area is 140 Å². The third-order valence-corrected chi connectivity index (χ3v) is 3.23. The Balaban J connectivity index is 1.68. The van der Waals surface area contributed by atoms with Gasteiger partial charge in [-0.1, -0.05) is 42.5 Å². The van der Waals surface area contributed by atoms with Gasteiger partial charge in [-0.3, -0.25) is 0 Å². The van der Waals surface area contributed by atoms with E-state index in [-0.39, 0.29) is 12.4 Å². The third-order valence-electron chi connectivity index (χ3n) is 3.23. The van der Waals surface area contributed by atoms with Crippen LogP contribution in [0.25, 0.3) is 6.08 Å². The molecule has 1 amide bonds. The number of carbonyl (C=O) groups is 1. The van der Waals surface area contributed by atoms with Crippen LogP contribution in [0, 0.1) is 5.82 Å². The first-order chi connectivity index (χ1) is 11.7. The van der Waals surface area contributed by atoms with Crippen molar-refractivity contribution in [3.8, 4) is 5.75 Å². The molecule has 1 N–H and O–H groups in total. The van der Waals surface area contributed by atoms with E-state index in [1.807, 2.05) is 36.4 Å². The van der Waals surface area contributed by atoms with Gasteiger partial charge in [-0.15, -0.1) is 0 Å². The molecule has 0 saturated carbocycles. The SMILES string of the molecule is COc1cc(F)cc(C=CCCNC(=O)OCc2ccccc2)c1. The van der Waals surface area contributed by atoms with E-state index in [9.17, 15) is 9.18 Å². The van der Waals surface area contributed by atoms with Crippen LogP contribution in [0.1, 0.15) is 17.5 Å². The number of hydrogen-bond acceptors (Lipinski definition) is 3. The molecule has 24 heavy (non-hydrogen) atoms. The lowest BCUT2D eigenvalue weighted by Crippen LogP contribution is -2.24. The number of halogens is 1. The number of methoxy groups -OCH3 is 1. The highest BCUT2D eigenvalue weighted by Crippen LogP contribution is 2.17. The number of carbonyl (C=O) groups excluding carboxylic acids is 1. The Morgan fingerprint density at radius 3 is 2.75 bits per heavy atom. The fourth-order valence-corrected chi connectivity index (χ4v) is 2.05. The molecule has 4 nitrogen and oxygen atoms in total.